The molecular formula is C11H19N. The van der Waals surface area contributed by atoms with E-state index in [0.717, 1.165) is 17.3 Å². The van der Waals surface area contributed by atoms with Crippen molar-refractivity contribution in [2.45, 2.75) is 38.5 Å². The Labute approximate surface area is 74.9 Å². The third kappa shape index (κ3) is 1.02. The molecular weight excluding hydrogens is 146 g/mol. The largest absolute Gasteiger partial charge is 0.316 e. The zero-order chi connectivity index (χ0) is 8.02. The maximum atomic E-state index is 3.58. The van der Waals surface area contributed by atoms with E-state index in [0.29, 0.717) is 0 Å². The number of rotatable bonds is 2. The Hall–Kier alpha value is -0.0400. The lowest BCUT2D eigenvalue weighted by atomic mass is 9.55. The molecule has 2 aliphatic heterocycles. The Balaban J connectivity index is 1.60. The molecule has 4 rings (SSSR count). The lowest BCUT2D eigenvalue weighted by molar-refractivity contribution is -0.0185. The molecule has 2 saturated heterocycles. The Morgan fingerprint density at radius 1 is 1.25 bits per heavy atom. The summed E-state index contributed by atoms with van der Waals surface area (Å²) in [5, 5.41) is 3.58. The van der Waals surface area contributed by atoms with Crippen molar-refractivity contribution in [2.24, 2.45) is 17.3 Å². The van der Waals surface area contributed by atoms with Gasteiger partial charge in [-0.3, -0.25) is 0 Å². The quantitative estimate of drug-likeness (QED) is 0.661. The number of nitrogens with one attached hydrogen (secondary N) is 1. The summed E-state index contributed by atoms with van der Waals surface area (Å²) >= 11 is 0. The van der Waals surface area contributed by atoms with E-state index in [4.69, 9.17) is 0 Å². The summed E-state index contributed by atoms with van der Waals surface area (Å²) in [5.74, 6) is 2.17. The first-order chi connectivity index (χ1) is 5.86. The van der Waals surface area contributed by atoms with E-state index >= 15 is 0 Å². The van der Waals surface area contributed by atoms with Gasteiger partial charge < -0.3 is 5.32 Å². The van der Waals surface area contributed by atoms with Gasteiger partial charge in [-0.05, 0) is 43.1 Å². The summed E-state index contributed by atoms with van der Waals surface area (Å²) in [5.41, 5.74) is 0.786. The third-order valence-electron chi connectivity index (χ3n) is 4.32. The highest BCUT2D eigenvalue weighted by Gasteiger charge is 2.48. The van der Waals surface area contributed by atoms with Crippen molar-refractivity contribution in [1.82, 2.24) is 5.32 Å². The van der Waals surface area contributed by atoms with Crippen LogP contribution in [0, 0.1) is 17.3 Å². The maximum Gasteiger partial charge on any atom is 0.000825 e. The second kappa shape index (κ2) is 2.47. The zero-order valence-electron chi connectivity index (χ0n) is 7.81. The minimum absolute atomic E-state index is 0.786. The topological polar surface area (TPSA) is 12.0 Å². The fourth-order valence-corrected chi connectivity index (χ4v) is 3.54. The molecule has 2 aliphatic carbocycles. The van der Waals surface area contributed by atoms with Crippen LogP contribution < -0.4 is 5.32 Å². The van der Waals surface area contributed by atoms with Gasteiger partial charge >= 0.3 is 0 Å². The summed E-state index contributed by atoms with van der Waals surface area (Å²) in [6.07, 6.45) is 9.24. The van der Waals surface area contributed by atoms with E-state index in [-0.39, 0.29) is 0 Å². The molecule has 0 unspecified atom stereocenters. The van der Waals surface area contributed by atoms with Crippen LogP contribution in [0.1, 0.15) is 38.5 Å². The molecule has 1 N–H and O–H groups in total. The van der Waals surface area contributed by atoms with Gasteiger partial charge in [0.2, 0.25) is 0 Å². The van der Waals surface area contributed by atoms with Crippen molar-refractivity contribution in [3.05, 3.63) is 0 Å². The Bertz CT molecular complexity index is 172. The molecule has 1 nitrogen and oxygen atoms in total. The van der Waals surface area contributed by atoms with Crippen molar-refractivity contribution in [2.75, 3.05) is 13.1 Å². The van der Waals surface area contributed by atoms with E-state index in [1.54, 1.807) is 19.3 Å². The molecule has 4 fully saturated rings. The average molecular weight is 165 g/mol. The average Bonchev–Trinajstić information content (AvgIpc) is 1.97. The second-order valence-electron chi connectivity index (χ2n) is 5.41. The summed E-state index contributed by atoms with van der Waals surface area (Å²) in [6, 6.07) is 0. The highest BCUT2D eigenvalue weighted by Crippen LogP contribution is 2.53. The monoisotopic (exact) mass is 165 g/mol. The van der Waals surface area contributed by atoms with Gasteiger partial charge in [-0.25, -0.2) is 0 Å². The number of hydrogen-bond acceptors (Lipinski definition) is 1. The van der Waals surface area contributed by atoms with Crippen molar-refractivity contribution in [3.63, 3.8) is 0 Å². The van der Waals surface area contributed by atoms with E-state index < -0.39 is 0 Å². The summed E-state index contributed by atoms with van der Waals surface area (Å²) in [4.78, 5) is 0. The van der Waals surface area contributed by atoms with Crippen LogP contribution in [-0.2, 0) is 0 Å². The van der Waals surface area contributed by atoms with Gasteiger partial charge in [-0.15, -0.1) is 0 Å². The Morgan fingerprint density at radius 3 is 2.58 bits per heavy atom. The van der Waals surface area contributed by atoms with Gasteiger partial charge in [0.1, 0.15) is 0 Å². The molecule has 0 spiro atoms. The number of hydrogen-bond donors (Lipinski definition) is 1. The van der Waals surface area contributed by atoms with E-state index in [1.165, 1.54) is 32.4 Å². The van der Waals surface area contributed by atoms with Crippen LogP contribution in [0.15, 0.2) is 0 Å². The second-order valence-corrected chi connectivity index (χ2v) is 5.41. The third-order valence-corrected chi connectivity index (χ3v) is 4.32. The lowest BCUT2D eigenvalue weighted by Crippen LogP contribution is -2.55. The predicted octanol–water partition coefficient (Wildman–Crippen LogP) is 2.18. The zero-order valence-corrected chi connectivity index (χ0v) is 7.81. The molecule has 0 radical (unpaired) electrons. The smallest absolute Gasteiger partial charge is 0.000825 e. The molecule has 0 atom stereocenters. The van der Waals surface area contributed by atoms with Crippen LogP contribution in [0.4, 0.5) is 0 Å². The van der Waals surface area contributed by atoms with Crippen LogP contribution in [0.25, 0.3) is 0 Å². The summed E-state index contributed by atoms with van der Waals surface area (Å²) in [7, 11) is 0. The molecule has 68 valence electrons. The Kier molecular flexibility index (Phi) is 1.52. The number of fused-ring (bicyclic) bond motifs is 2. The predicted molar refractivity (Wildman–Crippen MR) is 50.0 cm³/mol. The Morgan fingerprint density at radius 2 is 2.08 bits per heavy atom. The van der Waals surface area contributed by atoms with Gasteiger partial charge in [0.05, 0.1) is 0 Å². The highest BCUT2D eigenvalue weighted by molar-refractivity contribution is 5.01. The fourth-order valence-electron chi connectivity index (χ4n) is 3.54. The molecule has 0 amide bonds. The van der Waals surface area contributed by atoms with Crippen LogP contribution in [0.3, 0.4) is 0 Å². The first-order valence-electron chi connectivity index (χ1n) is 5.57. The first-order valence-corrected chi connectivity index (χ1v) is 5.57. The molecule has 12 heavy (non-hydrogen) atoms. The molecule has 2 heterocycles. The van der Waals surface area contributed by atoms with Gasteiger partial charge in [-0.2, -0.15) is 0 Å². The number of piperidine rings is 2. The minimum atomic E-state index is 0.786. The highest BCUT2D eigenvalue weighted by atomic mass is 14.9. The SMILES string of the molecule is C1CC(CC23CNCC(C2)C3)C1. The van der Waals surface area contributed by atoms with Gasteiger partial charge in [0, 0.05) is 6.54 Å². The van der Waals surface area contributed by atoms with Crippen LogP contribution in [0.2, 0.25) is 0 Å². The minimum Gasteiger partial charge on any atom is -0.316 e. The van der Waals surface area contributed by atoms with Crippen molar-refractivity contribution >= 4 is 0 Å². The summed E-state index contributed by atoms with van der Waals surface area (Å²) < 4.78 is 0. The summed E-state index contributed by atoms with van der Waals surface area (Å²) in [6.45, 7) is 2.65. The molecule has 2 bridgehead atoms. The molecule has 2 saturated carbocycles. The normalized spacial score (nSPS) is 46.5. The molecule has 0 aromatic carbocycles. The van der Waals surface area contributed by atoms with Gasteiger partial charge in [-0.1, -0.05) is 19.3 Å². The molecule has 1 heteroatoms. The standard InChI is InChI=1S/C11H19N/c1-2-9(3-1)4-11-5-10(6-11)7-12-8-11/h9-10,12H,1-8H2. The van der Waals surface area contributed by atoms with Crippen molar-refractivity contribution < 1.29 is 0 Å². The van der Waals surface area contributed by atoms with Crippen molar-refractivity contribution in [1.29, 1.82) is 0 Å². The van der Waals surface area contributed by atoms with E-state index in [2.05, 4.69) is 5.32 Å². The lowest BCUT2D eigenvalue weighted by Gasteiger charge is -2.55. The van der Waals surface area contributed by atoms with Crippen LogP contribution in [-0.4, -0.2) is 13.1 Å². The molecule has 0 aromatic heterocycles. The maximum absolute atomic E-state index is 3.58. The fraction of sp³-hybridized carbons (Fsp3) is 1.00. The van der Waals surface area contributed by atoms with E-state index in [9.17, 15) is 0 Å². The van der Waals surface area contributed by atoms with Gasteiger partial charge in [0.25, 0.3) is 0 Å². The van der Waals surface area contributed by atoms with Crippen LogP contribution >= 0.6 is 0 Å². The first kappa shape index (κ1) is 7.37. The molecule has 4 aliphatic rings. The van der Waals surface area contributed by atoms with Gasteiger partial charge in [0.15, 0.2) is 0 Å². The van der Waals surface area contributed by atoms with Crippen LogP contribution in [0.5, 0.6) is 0 Å². The molecule has 0 aromatic rings. The van der Waals surface area contributed by atoms with E-state index in [1.807, 2.05) is 0 Å². The van der Waals surface area contributed by atoms with Crippen molar-refractivity contribution in [3.8, 4) is 0 Å².